The Morgan fingerprint density at radius 2 is 2.29 bits per heavy atom. The van der Waals surface area contributed by atoms with Gasteiger partial charge in [0.15, 0.2) is 0 Å². The summed E-state index contributed by atoms with van der Waals surface area (Å²) in [6.07, 6.45) is 5.10. The minimum Gasteiger partial charge on any atom is -0.296 e. The van der Waals surface area contributed by atoms with Gasteiger partial charge in [-0.1, -0.05) is 29.8 Å². The van der Waals surface area contributed by atoms with E-state index in [1.807, 2.05) is 0 Å². The normalized spacial score (nSPS) is 20.9. The molecule has 1 aliphatic heterocycles. The van der Waals surface area contributed by atoms with Crippen molar-refractivity contribution >= 4 is 11.6 Å². The summed E-state index contributed by atoms with van der Waals surface area (Å²) in [6, 6.07) is 9.63. The molecule has 2 rings (SSSR count). The third-order valence-corrected chi connectivity index (χ3v) is 3.91. The quantitative estimate of drug-likeness (QED) is 0.716. The van der Waals surface area contributed by atoms with Crippen LogP contribution in [0.15, 0.2) is 24.3 Å². The first-order valence-electron chi connectivity index (χ1n) is 6.65. The lowest BCUT2D eigenvalue weighted by molar-refractivity contribution is 0.233. The van der Waals surface area contributed by atoms with Crippen LogP contribution in [-0.2, 0) is 6.54 Å². The maximum atomic E-state index is 5.79. The van der Waals surface area contributed by atoms with E-state index < -0.39 is 0 Å². The van der Waals surface area contributed by atoms with Crippen molar-refractivity contribution in [1.29, 1.82) is 0 Å². The minimum atomic E-state index is 0.759. The molecule has 1 nitrogen and oxygen atoms in total. The monoisotopic (exact) mass is 251 g/mol. The maximum Gasteiger partial charge on any atom is 0.0236 e. The zero-order valence-corrected chi connectivity index (χ0v) is 11.4. The smallest absolute Gasteiger partial charge is 0.0236 e. The lowest BCUT2D eigenvalue weighted by Gasteiger charge is -2.24. The zero-order chi connectivity index (χ0) is 12.1. The van der Waals surface area contributed by atoms with Gasteiger partial charge in [0.1, 0.15) is 0 Å². The molecule has 1 aromatic rings. The molecule has 94 valence electrons. The van der Waals surface area contributed by atoms with Crippen LogP contribution in [0.5, 0.6) is 0 Å². The van der Waals surface area contributed by atoms with Crippen LogP contribution in [0.1, 0.15) is 36.8 Å². The van der Waals surface area contributed by atoms with Crippen LogP contribution >= 0.6 is 11.6 Å². The molecule has 0 spiro atoms. The molecular weight excluding hydrogens is 230 g/mol. The summed E-state index contributed by atoms with van der Waals surface area (Å²) in [6.45, 7) is 4.52. The van der Waals surface area contributed by atoms with Gasteiger partial charge in [-0.2, -0.15) is 0 Å². The van der Waals surface area contributed by atoms with Crippen molar-refractivity contribution in [3.05, 3.63) is 35.4 Å². The van der Waals surface area contributed by atoms with Gasteiger partial charge >= 0.3 is 0 Å². The molecule has 0 N–H and O–H groups in total. The maximum absolute atomic E-state index is 5.79. The molecule has 1 aromatic carbocycles. The SMILES string of the molecule is Cc1cccc(CN2CCCC2CCCCl)c1. The highest BCUT2D eigenvalue weighted by Gasteiger charge is 2.23. The van der Waals surface area contributed by atoms with Crippen molar-refractivity contribution < 1.29 is 0 Å². The molecule has 1 fully saturated rings. The molecular formula is C15H22ClN. The first-order chi connectivity index (χ1) is 8.29. The predicted octanol–water partition coefficient (Wildman–Crippen LogP) is 3.98. The van der Waals surface area contributed by atoms with Crippen LogP contribution in [0.25, 0.3) is 0 Å². The first-order valence-corrected chi connectivity index (χ1v) is 7.18. The molecule has 1 heterocycles. The summed E-state index contributed by atoms with van der Waals surface area (Å²) >= 11 is 5.79. The average molecular weight is 252 g/mol. The molecule has 0 aromatic heterocycles. The van der Waals surface area contributed by atoms with Crippen LogP contribution in [0.2, 0.25) is 0 Å². The van der Waals surface area contributed by atoms with Crippen molar-refractivity contribution in [2.45, 2.75) is 45.2 Å². The minimum absolute atomic E-state index is 0.759. The highest BCUT2D eigenvalue weighted by Crippen LogP contribution is 2.23. The summed E-state index contributed by atoms with van der Waals surface area (Å²) in [5.74, 6) is 0.800. The van der Waals surface area contributed by atoms with Crippen LogP contribution in [-0.4, -0.2) is 23.4 Å². The fourth-order valence-corrected chi connectivity index (χ4v) is 2.94. The Morgan fingerprint density at radius 1 is 1.41 bits per heavy atom. The number of likely N-dealkylation sites (tertiary alicyclic amines) is 1. The summed E-state index contributed by atoms with van der Waals surface area (Å²) in [4.78, 5) is 2.63. The Kier molecular flexibility index (Phi) is 4.87. The number of hydrogen-bond donors (Lipinski definition) is 0. The van der Waals surface area contributed by atoms with E-state index in [4.69, 9.17) is 11.6 Å². The lowest BCUT2D eigenvalue weighted by Crippen LogP contribution is -2.28. The van der Waals surface area contributed by atoms with Crippen LogP contribution in [0.4, 0.5) is 0 Å². The largest absolute Gasteiger partial charge is 0.296 e. The van der Waals surface area contributed by atoms with Gasteiger partial charge in [-0.3, -0.25) is 4.90 Å². The number of benzene rings is 1. The average Bonchev–Trinajstić information content (AvgIpc) is 2.74. The molecule has 17 heavy (non-hydrogen) atoms. The Bertz CT molecular complexity index is 351. The Labute approximate surface area is 110 Å². The van der Waals surface area contributed by atoms with Gasteiger partial charge in [0.05, 0.1) is 0 Å². The van der Waals surface area contributed by atoms with E-state index in [9.17, 15) is 0 Å². The standard InChI is InChI=1S/C15H22ClN/c1-13-5-2-6-14(11-13)12-17-10-4-8-15(17)7-3-9-16/h2,5-6,11,15H,3-4,7-10,12H2,1H3. The number of hydrogen-bond acceptors (Lipinski definition) is 1. The molecule has 1 saturated heterocycles. The van der Waals surface area contributed by atoms with Crippen LogP contribution in [0, 0.1) is 6.92 Å². The molecule has 0 saturated carbocycles. The van der Waals surface area contributed by atoms with E-state index in [-0.39, 0.29) is 0 Å². The predicted molar refractivity (Wildman–Crippen MR) is 74.6 cm³/mol. The number of rotatable bonds is 5. The second-order valence-corrected chi connectivity index (χ2v) is 5.46. The Hall–Kier alpha value is -0.530. The second-order valence-electron chi connectivity index (χ2n) is 5.09. The third-order valence-electron chi connectivity index (χ3n) is 3.64. The fourth-order valence-electron chi connectivity index (χ4n) is 2.79. The molecule has 1 atom stereocenters. The van der Waals surface area contributed by atoms with E-state index in [0.29, 0.717) is 0 Å². The van der Waals surface area contributed by atoms with E-state index in [2.05, 4.69) is 36.1 Å². The highest BCUT2D eigenvalue weighted by atomic mass is 35.5. The van der Waals surface area contributed by atoms with Crippen molar-refractivity contribution in [2.24, 2.45) is 0 Å². The van der Waals surface area contributed by atoms with E-state index in [0.717, 1.165) is 24.9 Å². The van der Waals surface area contributed by atoms with Crippen molar-refractivity contribution in [1.82, 2.24) is 4.90 Å². The molecule has 0 bridgehead atoms. The van der Waals surface area contributed by atoms with Gasteiger partial charge in [-0.15, -0.1) is 11.6 Å². The summed E-state index contributed by atoms with van der Waals surface area (Å²) in [5, 5.41) is 0. The zero-order valence-electron chi connectivity index (χ0n) is 10.7. The summed E-state index contributed by atoms with van der Waals surface area (Å²) in [5.41, 5.74) is 2.81. The van der Waals surface area contributed by atoms with Crippen LogP contribution in [0.3, 0.4) is 0 Å². The Morgan fingerprint density at radius 3 is 3.06 bits per heavy atom. The molecule has 0 radical (unpaired) electrons. The molecule has 0 amide bonds. The van der Waals surface area contributed by atoms with E-state index in [1.54, 1.807) is 0 Å². The molecule has 0 aliphatic carbocycles. The van der Waals surface area contributed by atoms with Crippen LogP contribution < -0.4 is 0 Å². The Balaban J connectivity index is 1.93. The van der Waals surface area contributed by atoms with Gasteiger partial charge in [0.25, 0.3) is 0 Å². The fraction of sp³-hybridized carbons (Fsp3) is 0.600. The molecule has 1 aliphatic rings. The van der Waals surface area contributed by atoms with Gasteiger partial charge in [-0.05, 0) is 44.7 Å². The van der Waals surface area contributed by atoms with E-state index in [1.165, 1.54) is 36.9 Å². The van der Waals surface area contributed by atoms with Crippen molar-refractivity contribution in [3.63, 3.8) is 0 Å². The number of aryl methyl sites for hydroxylation is 1. The van der Waals surface area contributed by atoms with Gasteiger partial charge in [0, 0.05) is 18.5 Å². The number of alkyl halides is 1. The summed E-state index contributed by atoms with van der Waals surface area (Å²) in [7, 11) is 0. The third kappa shape index (κ3) is 3.72. The van der Waals surface area contributed by atoms with Crippen molar-refractivity contribution in [3.8, 4) is 0 Å². The highest BCUT2D eigenvalue weighted by molar-refractivity contribution is 6.17. The van der Waals surface area contributed by atoms with E-state index >= 15 is 0 Å². The summed E-state index contributed by atoms with van der Waals surface area (Å²) < 4.78 is 0. The topological polar surface area (TPSA) is 3.24 Å². The van der Waals surface area contributed by atoms with Gasteiger partial charge < -0.3 is 0 Å². The van der Waals surface area contributed by atoms with Gasteiger partial charge in [0.2, 0.25) is 0 Å². The number of halogens is 1. The first kappa shape index (κ1) is 12.9. The lowest BCUT2D eigenvalue weighted by atomic mass is 10.1. The van der Waals surface area contributed by atoms with Crippen molar-refractivity contribution in [2.75, 3.05) is 12.4 Å². The number of nitrogens with zero attached hydrogens (tertiary/aromatic N) is 1. The molecule has 2 heteroatoms. The second kappa shape index (κ2) is 6.42. The van der Waals surface area contributed by atoms with Gasteiger partial charge in [-0.25, -0.2) is 0 Å². The molecule has 1 unspecified atom stereocenters.